The summed E-state index contributed by atoms with van der Waals surface area (Å²) in [6.45, 7) is 14.5. The van der Waals surface area contributed by atoms with E-state index in [4.69, 9.17) is 15.0 Å². The Kier molecular flexibility index (Phi) is 6.13. The number of hydrogen-bond acceptors (Lipinski definition) is 6. The Morgan fingerprint density at radius 1 is 1.07 bits per heavy atom. The second-order valence-corrected chi connectivity index (χ2v) is 11.2. The van der Waals surface area contributed by atoms with Gasteiger partial charge in [0.1, 0.15) is 5.76 Å². The van der Waals surface area contributed by atoms with Gasteiger partial charge >= 0.3 is 5.97 Å². The highest BCUT2D eigenvalue weighted by Crippen LogP contribution is 2.46. The van der Waals surface area contributed by atoms with Crippen LogP contribution in [0.3, 0.4) is 0 Å². The van der Waals surface area contributed by atoms with Gasteiger partial charge in [0.15, 0.2) is 0 Å². The van der Waals surface area contributed by atoms with E-state index in [2.05, 4.69) is 45.7 Å². The number of aliphatic carboxylic acids is 1. The predicted octanol–water partition coefficient (Wildman–Crippen LogP) is 6.71. The molecular weight excluding hydrogens is 500 g/mol. The molecule has 2 atom stereocenters. The van der Waals surface area contributed by atoms with Crippen LogP contribution in [0.15, 0.2) is 119 Å². The molecule has 0 saturated carbocycles. The summed E-state index contributed by atoms with van der Waals surface area (Å²) in [4.78, 5) is 26.7. The molecule has 8 bridgehead atoms. The standard InChI is InChI=1S/C33H34N4O3/c1-7-19-15(3)23-12-25-17(5)21(9-10-30(39)40)32(36-25)22-11-29(38)31-18(6)26(37-33(22)31)14-28-20(8-2)16(4)24(35-28)13-27(19)34-23/h7,12-14,17,21,36,38H,1,8-11H2,2-6H3,(H,39,40)/t17-,21+/m1/s1. The van der Waals surface area contributed by atoms with Crippen molar-refractivity contribution in [2.45, 2.75) is 60.3 Å². The molecule has 204 valence electrons. The first-order chi connectivity index (χ1) is 19.1. The van der Waals surface area contributed by atoms with E-state index in [1.807, 2.05) is 25.2 Å². The Bertz CT molecular complexity index is 1660. The van der Waals surface area contributed by atoms with Crippen LogP contribution < -0.4 is 5.32 Å². The number of hydrogen-bond donors (Lipinski definition) is 3. The highest BCUT2D eigenvalue weighted by atomic mass is 16.4. The summed E-state index contributed by atoms with van der Waals surface area (Å²) in [5.41, 5.74) is 13.9. The van der Waals surface area contributed by atoms with Crippen molar-refractivity contribution in [3.8, 4) is 0 Å². The van der Waals surface area contributed by atoms with E-state index in [-0.39, 0.29) is 18.3 Å². The number of rotatable bonds is 5. The van der Waals surface area contributed by atoms with Crippen molar-refractivity contribution in [3.05, 3.63) is 104 Å². The molecule has 6 rings (SSSR count). The average molecular weight is 535 g/mol. The maximum absolute atomic E-state index is 11.6. The molecule has 7 heteroatoms. The third kappa shape index (κ3) is 3.86. The van der Waals surface area contributed by atoms with Crippen LogP contribution in [0.4, 0.5) is 0 Å². The second-order valence-electron chi connectivity index (χ2n) is 11.2. The zero-order chi connectivity index (χ0) is 28.5. The summed E-state index contributed by atoms with van der Waals surface area (Å²) in [5.74, 6) is -0.530. The smallest absolute Gasteiger partial charge is 0.303 e. The van der Waals surface area contributed by atoms with Crippen LogP contribution in [0, 0.1) is 11.8 Å². The Morgan fingerprint density at radius 3 is 2.50 bits per heavy atom. The molecule has 0 aromatic heterocycles. The molecule has 1 saturated heterocycles. The largest absolute Gasteiger partial charge is 0.511 e. The normalized spacial score (nSPS) is 25.3. The Morgan fingerprint density at radius 2 is 1.80 bits per heavy atom. The Hall–Kier alpha value is -4.26. The summed E-state index contributed by atoms with van der Waals surface area (Å²) < 4.78 is 0. The number of aliphatic imine (C=N–C) groups is 3. The summed E-state index contributed by atoms with van der Waals surface area (Å²) in [6, 6.07) is 0. The first-order valence-electron chi connectivity index (χ1n) is 13.9. The van der Waals surface area contributed by atoms with Gasteiger partial charge in [-0.15, -0.1) is 0 Å². The van der Waals surface area contributed by atoms with E-state index in [1.54, 1.807) is 0 Å². The minimum absolute atomic E-state index is 0.0368. The lowest BCUT2D eigenvalue weighted by Gasteiger charge is -2.17. The van der Waals surface area contributed by atoms with E-state index in [1.165, 1.54) is 5.57 Å². The Labute approximate surface area is 234 Å². The van der Waals surface area contributed by atoms with Gasteiger partial charge < -0.3 is 15.5 Å². The number of carboxylic acids is 1. The maximum atomic E-state index is 11.6. The van der Waals surface area contributed by atoms with E-state index in [0.29, 0.717) is 18.6 Å². The predicted molar refractivity (Wildman–Crippen MR) is 159 cm³/mol. The first-order valence-corrected chi connectivity index (χ1v) is 13.9. The fourth-order valence-corrected chi connectivity index (χ4v) is 6.66. The van der Waals surface area contributed by atoms with Gasteiger partial charge in [0.2, 0.25) is 0 Å². The molecule has 0 radical (unpaired) electrons. The number of nitrogens with zero attached hydrogens (tertiary/aromatic N) is 3. The van der Waals surface area contributed by atoms with E-state index in [0.717, 1.165) is 85.5 Å². The first kappa shape index (κ1) is 26.0. The molecule has 5 heterocycles. The topological polar surface area (TPSA) is 107 Å². The highest BCUT2D eigenvalue weighted by Gasteiger charge is 2.41. The summed E-state index contributed by atoms with van der Waals surface area (Å²) in [5, 5.41) is 24.3. The number of aliphatic hydroxyl groups is 1. The average Bonchev–Trinajstić information content (AvgIpc) is 3.65. The quantitative estimate of drug-likeness (QED) is 0.364. The van der Waals surface area contributed by atoms with Gasteiger partial charge in [-0.2, -0.15) is 0 Å². The second kappa shape index (κ2) is 9.44. The fraction of sp³-hybridized carbons (Fsp3) is 0.333. The number of carboxylic acid groups (broad SMARTS) is 1. The van der Waals surface area contributed by atoms with Crippen LogP contribution in [-0.2, 0) is 4.79 Å². The summed E-state index contributed by atoms with van der Waals surface area (Å²) in [6.07, 6.45) is 9.74. The number of nitrogens with one attached hydrogen (secondary N) is 1. The lowest BCUT2D eigenvalue weighted by atomic mass is 9.86. The van der Waals surface area contributed by atoms with Gasteiger partial charge in [-0.3, -0.25) is 4.79 Å². The van der Waals surface area contributed by atoms with Crippen LogP contribution in [0.25, 0.3) is 0 Å². The monoisotopic (exact) mass is 534 g/mol. The molecule has 1 fully saturated rings. The van der Waals surface area contributed by atoms with Crippen molar-refractivity contribution in [2.75, 3.05) is 0 Å². The molecule has 0 amide bonds. The molecule has 6 aliphatic rings. The number of carbonyl (C=O) groups is 1. The van der Waals surface area contributed by atoms with Crippen molar-refractivity contribution < 1.29 is 15.0 Å². The van der Waals surface area contributed by atoms with E-state index >= 15 is 0 Å². The maximum Gasteiger partial charge on any atom is 0.303 e. The summed E-state index contributed by atoms with van der Waals surface area (Å²) >= 11 is 0. The zero-order valence-electron chi connectivity index (χ0n) is 23.6. The fourth-order valence-electron chi connectivity index (χ4n) is 6.66. The van der Waals surface area contributed by atoms with Crippen LogP contribution in [0.2, 0.25) is 0 Å². The lowest BCUT2D eigenvalue weighted by Crippen LogP contribution is -2.15. The molecule has 1 aliphatic carbocycles. The highest BCUT2D eigenvalue weighted by molar-refractivity contribution is 6.21. The molecule has 3 N–H and O–H groups in total. The van der Waals surface area contributed by atoms with Crippen LogP contribution >= 0.6 is 0 Å². The summed E-state index contributed by atoms with van der Waals surface area (Å²) in [7, 11) is 0. The van der Waals surface area contributed by atoms with E-state index < -0.39 is 5.97 Å². The zero-order valence-corrected chi connectivity index (χ0v) is 23.6. The molecule has 40 heavy (non-hydrogen) atoms. The molecule has 0 unspecified atom stereocenters. The van der Waals surface area contributed by atoms with Gasteiger partial charge in [-0.25, -0.2) is 15.0 Å². The van der Waals surface area contributed by atoms with Gasteiger partial charge in [-0.1, -0.05) is 26.5 Å². The Balaban J connectivity index is 1.62. The minimum atomic E-state index is -0.819. The van der Waals surface area contributed by atoms with Crippen molar-refractivity contribution in [1.29, 1.82) is 0 Å². The third-order valence-corrected chi connectivity index (χ3v) is 8.97. The van der Waals surface area contributed by atoms with Crippen molar-refractivity contribution >= 4 is 23.1 Å². The van der Waals surface area contributed by atoms with Crippen LogP contribution in [0.5, 0.6) is 0 Å². The van der Waals surface area contributed by atoms with Gasteiger partial charge in [0.25, 0.3) is 0 Å². The van der Waals surface area contributed by atoms with Crippen LogP contribution in [0.1, 0.15) is 60.3 Å². The SMILES string of the molecule is C=CC1=C(C)C2=NC1=CC1=NC(=CC3=C(C)C4=C(O)CC(=C5NC(=C2)[C@H](C)[C@@H]5CCC(=O)O)C4=N3)C(CC)=C1C. The van der Waals surface area contributed by atoms with Gasteiger partial charge in [0, 0.05) is 52.8 Å². The van der Waals surface area contributed by atoms with Crippen molar-refractivity contribution in [2.24, 2.45) is 26.8 Å². The molecule has 0 aromatic rings. The third-order valence-electron chi connectivity index (χ3n) is 8.97. The molecule has 5 aliphatic heterocycles. The lowest BCUT2D eigenvalue weighted by molar-refractivity contribution is -0.137. The van der Waals surface area contributed by atoms with Crippen LogP contribution in [-0.4, -0.2) is 33.3 Å². The number of allylic oxidation sites excluding steroid dienone is 12. The molecular formula is C33H34N4O3. The molecule has 0 spiro atoms. The number of aliphatic hydroxyl groups excluding tert-OH is 1. The van der Waals surface area contributed by atoms with Gasteiger partial charge in [-0.05, 0) is 74.1 Å². The minimum Gasteiger partial charge on any atom is -0.511 e. The molecule has 0 aromatic carbocycles. The van der Waals surface area contributed by atoms with E-state index in [9.17, 15) is 15.0 Å². The molecule has 7 nitrogen and oxygen atoms in total. The van der Waals surface area contributed by atoms with Gasteiger partial charge in [0.05, 0.1) is 34.2 Å². The van der Waals surface area contributed by atoms with Crippen molar-refractivity contribution in [3.63, 3.8) is 0 Å². The van der Waals surface area contributed by atoms with Crippen molar-refractivity contribution in [1.82, 2.24) is 5.32 Å². The number of fused-ring (bicyclic) bond motifs is 5.